The van der Waals surface area contributed by atoms with Crippen LogP contribution >= 0.6 is 0 Å². The molecule has 1 aliphatic rings. The minimum absolute atomic E-state index is 0.460. The van der Waals surface area contributed by atoms with Crippen molar-refractivity contribution in [3.05, 3.63) is 0 Å². The molecule has 0 heterocycles. The van der Waals surface area contributed by atoms with Gasteiger partial charge in [-0.1, -0.05) is 34.1 Å². The summed E-state index contributed by atoms with van der Waals surface area (Å²) < 4.78 is 0. The molecular weight excluding hydrogens is 220 g/mol. The summed E-state index contributed by atoms with van der Waals surface area (Å²) in [5, 5.41) is 3.61. The summed E-state index contributed by atoms with van der Waals surface area (Å²) in [7, 11) is 2.15. The van der Waals surface area contributed by atoms with Gasteiger partial charge < -0.3 is 10.2 Å². The van der Waals surface area contributed by atoms with Gasteiger partial charge in [-0.3, -0.25) is 0 Å². The lowest BCUT2D eigenvalue weighted by Crippen LogP contribution is -2.51. The highest BCUT2D eigenvalue weighted by Crippen LogP contribution is 2.39. The average Bonchev–Trinajstić information content (AvgIpc) is 2.29. The zero-order valence-electron chi connectivity index (χ0n) is 13.3. The van der Waals surface area contributed by atoms with Crippen LogP contribution in [0, 0.1) is 11.3 Å². The van der Waals surface area contributed by atoms with E-state index in [0.717, 1.165) is 5.92 Å². The topological polar surface area (TPSA) is 15.3 Å². The summed E-state index contributed by atoms with van der Waals surface area (Å²) in [6, 6.07) is 0.683. The van der Waals surface area contributed by atoms with Crippen LogP contribution in [0.25, 0.3) is 0 Å². The Morgan fingerprint density at radius 3 is 2.28 bits per heavy atom. The number of hydrogen-bond donors (Lipinski definition) is 1. The van der Waals surface area contributed by atoms with Gasteiger partial charge in [-0.25, -0.2) is 0 Å². The van der Waals surface area contributed by atoms with Gasteiger partial charge in [0.15, 0.2) is 0 Å². The van der Waals surface area contributed by atoms with Crippen molar-refractivity contribution in [2.24, 2.45) is 11.3 Å². The predicted molar refractivity (Wildman–Crippen MR) is 81.0 cm³/mol. The third-order valence-corrected chi connectivity index (χ3v) is 4.59. The van der Waals surface area contributed by atoms with E-state index in [1.807, 2.05) is 0 Å². The fourth-order valence-corrected chi connectivity index (χ4v) is 3.86. The van der Waals surface area contributed by atoms with Crippen LogP contribution in [0.1, 0.15) is 59.8 Å². The van der Waals surface area contributed by atoms with Crippen LogP contribution in [-0.2, 0) is 0 Å². The first-order valence-corrected chi connectivity index (χ1v) is 7.94. The normalized spacial score (nSPS) is 27.7. The van der Waals surface area contributed by atoms with E-state index in [4.69, 9.17) is 0 Å². The van der Waals surface area contributed by atoms with Crippen LogP contribution in [0.5, 0.6) is 0 Å². The van der Waals surface area contributed by atoms with E-state index in [2.05, 4.69) is 45.0 Å². The molecule has 0 saturated heterocycles. The third-order valence-electron chi connectivity index (χ3n) is 4.59. The van der Waals surface area contributed by atoms with Gasteiger partial charge in [0, 0.05) is 12.6 Å². The smallest absolute Gasteiger partial charge is 0.0156 e. The van der Waals surface area contributed by atoms with Gasteiger partial charge in [0.2, 0.25) is 0 Å². The highest BCUT2D eigenvalue weighted by Gasteiger charge is 2.38. The molecule has 1 aliphatic carbocycles. The van der Waals surface area contributed by atoms with Crippen LogP contribution in [0.3, 0.4) is 0 Å². The van der Waals surface area contributed by atoms with E-state index in [1.165, 1.54) is 51.7 Å². The molecule has 1 rings (SSSR count). The summed E-state index contributed by atoms with van der Waals surface area (Å²) in [6.07, 6.45) is 6.73. The summed E-state index contributed by atoms with van der Waals surface area (Å²) in [4.78, 5) is 2.68. The molecule has 1 fully saturated rings. The van der Waals surface area contributed by atoms with Crippen molar-refractivity contribution in [3.63, 3.8) is 0 Å². The Labute approximate surface area is 115 Å². The van der Waals surface area contributed by atoms with Gasteiger partial charge in [0.05, 0.1) is 0 Å². The average molecular weight is 254 g/mol. The maximum Gasteiger partial charge on any atom is 0.0156 e. The molecule has 0 radical (unpaired) electrons. The molecule has 1 saturated carbocycles. The highest BCUT2D eigenvalue weighted by molar-refractivity contribution is 4.93. The summed E-state index contributed by atoms with van der Waals surface area (Å²) >= 11 is 0. The van der Waals surface area contributed by atoms with E-state index in [0.29, 0.717) is 11.5 Å². The van der Waals surface area contributed by atoms with E-state index >= 15 is 0 Å². The first kappa shape index (κ1) is 16.0. The molecule has 108 valence electrons. The molecule has 2 heteroatoms. The molecule has 0 spiro atoms. The fraction of sp³-hybridized carbons (Fsp3) is 1.00. The zero-order valence-corrected chi connectivity index (χ0v) is 13.3. The molecule has 2 unspecified atom stereocenters. The van der Waals surface area contributed by atoms with Crippen LogP contribution < -0.4 is 5.32 Å². The molecular formula is C16H34N2. The number of nitrogens with one attached hydrogen (secondary N) is 1. The van der Waals surface area contributed by atoms with E-state index in [-0.39, 0.29) is 0 Å². The lowest BCUT2D eigenvalue weighted by Gasteiger charge is -2.45. The van der Waals surface area contributed by atoms with Crippen molar-refractivity contribution < 1.29 is 0 Å². The maximum absolute atomic E-state index is 3.61. The van der Waals surface area contributed by atoms with Gasteiger partial charge >= 0.3 is 0 Å². The molecule has 0 aromatic carbocycles. The summed E-state index contributed by atoms with van der Waals surface area (Å²) in [5.41, 5.74) is 0.460. The Morgan fingerprint density at radius 2 is 1.78 bits per heavy atom. The predicted octanol–water partition coefficient (Wildman–Crippen LogP) is 3.52. The number of hydrogen-bond acceptors (Lipinski definition) is 2. The standard InChI is InChI=1S/C16H34N2/c1-6-11-18(12-7-2)13-14-9-8-10-16(3,4)15(14)17-5/h14-15,17H,6-13H2,1-5H3. The summed E-state index contributed by atoms with van der Waals surface area (Å²) in [5.74, 6) is 0.830. The van der Waals surface area contributed by atoms with Gasteiger partial charge in [0.1, 0.15) is 0 Å². The molecule has 2 atom stereocenters. The van der Waals surface area contributed by atoms with Crippen LogP contribution in [-0.4, -0.2) is 37.6 Å². The van der Waals surface area contributed by atoms with Gasteiger partial charge in [-0.2, -0.15) is 0 Å². The van der Waals surface area contributed by atoms with E-state index in [1.54, 1.807) is 0 Å². The Morgan fingerprint density at radius 1 is 1.17 bits per heavy atom. The Bertz CT molecular complexity index is 219. The van der Waals surface area contributed by atoms with Crippen molar-refractivity contribution in [2.75, 3.05) is 26.7 Å². The molecule has 0 aliphatic heterocycles. The molecule has 2 nitrogen and oxygen atoms in total. The van der Waals surface area contributed by atoms with Crippen molar-refractivity contribution in [1.82, 2.24) is 10.2 Å². The van der Waals surface area contributed by atoms with Crippen molar-refractivity contribution >= 4 is 0 Å². The SMILES string of the molecule is CCCN(CCC)CC1CCCC(C)(C)C1NC. The fourth-order valence-electron chi connectivity index (χ4n) is 3.86. The Balaban J connectivity index is 2.61. The van der Waals surface area contributed by atoms with Gasteiger partial charge in [-0.05, 0) is 57.2 Å². The van der Waals surface area contributed by atoms with Crippen LogP contribution in [0.4, 0.5) is 0 Å². The zero-order chi connectivity index (χ0) is 13.6. The van der Waals surface area contributed by atoms with Crippen molar-refractivity contribution in [2.45, 2.75) is 65.8 Å². The molecule has 0 aromatic rings. The van der Waals surface area contributed by atoms with Gasteiger partial charge in [0.25, 0.3) is 0 Å². The lowest BCUT2D eigenvalue weighted by molar-refractivity contribution is 0.0833. The van der Waals surface area contributed by atoms with Crippen molar-refractivity contribution in [1.29, 1.82) is 0 Å². The van der Waals surface area contributed by atoms with Gasteiger partial charge in [-0.15, -0.1) is 0 Å². The maximum atomic E-state index is 3.61. The van der Waals surface area contributed by atoms with E-state index in [9.17, 15) is 0 Å². The Kier molecular flexibility index (Phi) is 6.65. The first-order chi connectivity index (χ1) is 8.55. The quantitative estimate of drug-likeness (QED) is 0.748. The molecule has 0 aromatic heterocycles. The second kappa shape index (κ2) is 7.49. The van der Waals surface area contributed by atoms with Crippen LogP contribution in [0.15, 0.2) is 0 Å². The minimum atomic E-state index is 0.460. The van der Waals surface area contributed by atoms with E-state index < -0.39 is 0 Å². The second-order valence-electron chi connectivity index (χ2n) is 6.71. The Hall–Kier alpha value is -0.0800. The number of rotatable bonds is 7. The highest BCUT2D eigenvalue weighted by atomic mass is 15.1. The number of nitrogens with zero attached hydrogens (tertiary/aromatic N) is 1. The lowest BCUT2D eigenvalue weighted by atomic mass is 9.68. The summed E-state index contributed by atoms with van der Waals surface area (Å²) in [6.45, 7) is 13.3. The minimum Gasteiger partial charge on any atom is -0.316 e. The second-order valence-corrected chi connectivity index (χ2v) is 6.71. The monoisotopic (exact) mass is 254 g/mol. The third kappa shape index (κ3) is 4.24. The molecule has 1 N–H and O–H groups in total. The molecule has 0 bridgehead atoms. The molecule has 18 heavy (non-hydrogen) atoms. The molecule has 0 amide bonds. The van der Waals surface area contributed by atoms with Crippen LogP contribution in [0.2, 0.25) is 0 Å². The first-order valence-electron chi connectivity index (χ1n) is 7.94. The van der Waals surface area contributed by atoms with Crippen molar-refractivity contribution in [3.8, 4) is 0 Å². The largest absolute Gasteiger partial charge is 0.316 e.